The van der Waals surface area contributed by atoms with Crippen molar-refractivity contribution >= 4 is 11.8 Å². The van der Waals surface area contributed by atoms with E-state index in [1.54, 1.807) is 0 Å². The van der Waals surface area contributed by atoms with E-state index in [9.17, 15) is 9.59 Å². The standard InChI is InChI=1S/C13H23N3O2/c14-12(17)9-4-6-10(7-5-9)16-13(18)11-3-1-2-8-15-11/h9-11,15H,1-8H2,(H2,14,17)(H,16,18)/t9?,10?,11-/m0/s1. The van der Waals surface area contributed by atoms with E-state index in [-0.39, 0.29) is 29.8 Å². The summed E-state index contributed by atoms with van der Waals surface area (Å²) in [6.45, 7) is 0.937. The van der Waals surface area contributed by atoms with Crippen LogP contribution in [0.2, 0.25) is 0 Å². The molecular formula is C13H23N3O2. The Balaban J connectivity index is 1.73. The van der Waals surface area contributed by atoms with Crippen molar-refractivity contribution in [3.05, 3.63) is 0 Å². The zero-order chi connectivity index (χ0) is 13.0. The molecule has 102 valence electrons. The zero-order valence-corrected chi connectivity index (χ0v) is 10.8. The average Bonchev–Trinajstić information content (AvgIpc) is 2.40. The molecular weight excluding hydrogens is 230 g/mol. The largest absolute Gasteiger partial charge is 0.369 e. The van der Waals surface area contributed by atoms with Gasteiger partial charge in [-0.1, -0.05) is 6.42 Å². The van der Waals surface area contributed by atoms with E-state index in [4.69, 9.17) is 5.73 Å². The fourth-order valence-electron chi connectivity index (χ4n) is 2.90. The van der Waals surface area contributed by atoms with Crippen LogP contribution in [0, 0.1) is 5.92 Å². The number of carbonyl (C=O) groups is 2. The summed E-state index contributed by atoms with van der Waals surface area (Å²) in [6, 6.07) is 0.199. The van der Waals surface area contributed by atoms with Crippen LogP contribution in [0.4, 0.5) is 0 Å². The summed E-state index contributed by atoms with van der Waals surface area (Å²) in [5.41, 5.74) is 5.29. The lowest BCUT2D eigenvalue weighted by Crippen LogP contribution is -2.50. The molecule has 0 bridgehead atoms. The molecule has 1 saturated carbocycles. The van der Waals surface area contributed by atoms with Gasteiger partial charge in [-0.15, -0.1) is 0 Å². The molecule has 1 heterocycles. The lowest BCUT2D eigenvalue weighted by molar-refractivity contribution is -0.125. The number of rotatable bonds is 3. The maximum Gasteiger partial charge on any atom is 0.237 e. The van der Waals surface area contributed by atoms with Crippen LogP contribution in [0.15, 0.2) is 0 Å². The average molecular weight is 253 g/mol. The third-order valence-electron chi connectivity index (χ3n) is 4.10. The first-order valence-electron chi connectivity index (χ1n) is 7.00. The van der Waals surface area contributed by atoms with E-state index in [1.807, 2.05) is 0 Å². The van der Waals surface area contributed by atoms with E-state index in [1.165, 1.54) is 0 Å². The van der Waals surface area contributed by atoms with Crippen LogP contribution in [0.25, 0.3) is 0 Å². The molecule has 2 rings (SSSR count). The smallest absolute Gasteiger partial charge is 0.237 e. The summed E-state index contributed by atoms with van der Waals surface area (Å²) in [7, 11) is 0. The second kappa shape index (κ2) is 6.18. The van der Waals surface area contributed by atoms with Crippen LogP contribution < -0.4 is 16.4 Å². The zero-order valence-electron chi connectivity index (χ0n) is 10.8. The van der Waals surface area contributed by atoms with E-state index in [0.29, 0.717) is 0 Å². The number of nitrogens with two attached hydrogens (primary N) is 1. The Bertz CT molecular complexity index is 305. The predicted molar refractivity (Wildman–Crippen MR) is 68.7 cm³/mol. The minimum Gasteiger partial charge on any atom is -0.369 e. The fraction of sp³-hybridized carbons (Fsp3) is 0.846. The summed E-state index contributed by atoms with van der Waals surface area (Å²) in [6.07, 6.45) is 6.56. The van der Waals surface area contributed by atoms with E-state index >= 15 is 0 Å². The van der Waals surface area contributed by atoms with Gasteiger partial charge in [0.1, 0.15) is 0 Å². The number of hydrogen-bond acceptors (Lipinski definition) is 3. The number of amides is 2. The Morgan fingerprint density at radius 3 is 2.33 bits per heavy atom. The first kappa shape index (κ1) is 13.3. The highest BCUT2D eigenvalue weighted by Crippen LogP contribution is 2.24. The molecule has 2 aliphatic rings. The Labute approximate surface area is 108 Å². The maximum absolute atomic E-state index is 12.0. The second-order valence-electron chi connectivity index (χ2n) is 5.46. The number of piperidine rings is 1. The van der Waals surface area contributed by atoms with Gasteiger partial charge in [-0.2, -0.15) is 0 Å². The van der Waals surface area contributed by atoms with Crippen molar-refractivity contribution in [3.8, 4) is 0 Å². The van der Waals surface area contributed by atoms with Gasteiger partial charge in [0.05, 0.1) is 6.04 Å². The normalized spacial score (nSPS) is 32.8. The highest BCUT2D eigenvalue weighted by atomic mass is 16.2. The monoisotopic (exact) mass is 253 g/mol. The van der Waals surface area contributed by atoms with Gasteiger partial charge in [0.25, 0.3) is 0 Å². The highest BCUT2D eigenvalue weighted by molar-refractivity contribution is 5.82. The van der Waals surface area contributed by atoms with Crippen LogP contribution >= 0.6 is 0 Å². The second-order valence-corrected chi connectivity index (χ2v) is 5.46. The molecule has 0 radical (unpaired) electrons. The molecule has 4 N–H and O–H groups in total. The summed E-state index contributed by atoms with van der Waals surface area (Å²) in [5, 5.41) is 6.34. The molecule has 5 heteroatoms. The van der Waals surface area contributed by atoms with Crippen molar-refractivity contribution in [1.29, 1.82) is 0 Å². The first-order chi connectivity index (χ1) is 8.66. The lowest BCUT2D eigenvalue weighted by atomic mass is 9.85. The number of nitrogens with one attached hydrogen (secondary N) is 2. The molecule has 18 heavy (non-hydrogen) atoms. The minimum atomic E-state index is -0.200. The molecule has 1 atom stereocenters. The molecule has 0 unspecified atom stereocenters. The molecule has 0 aromatic carbocycles. The van der Waals surface area contributed by atoms with Crippen molar-refractivity contribution in [1.82, 2.24) is 10.6 Å². The Kier molecular flexibility index (Phi) is 4.58. The van der Waals surface area contributed by atoms with E-state index < -0.39 is 0 Å². The van der Waals surface area contributed by atoms with Crippen molar-refractivity contribution in [3.63, 3.8) is 0 Å². The lowest BCUT2D eigenvalue weighted by Gasteiger charge is -2.30. The van der Waals surface area contributed by atoms with Gasteiger partial charge in [0.2, 0.25) is 11.8 Å². The van der Waals surface area contributed by atoms with Gasteiger partial charge >= 0.3 is 0 Å². The van der Waals surface area contributed by atoms with Crippen LogP contribution in [0.3, 0.4) is 0 Å². The van der Waals surface area contributed by atoms with Crippen molar-refractivity contribution in [2.24, 2.45) is 11.7 Å². The number of carbonyl (C=O) groups excluding carboxylic acids is 2. The van der Waals surface area contributed by atoms with Crippen molar-refractivity contribution in [2.45, 2.75) is 57.0 Å². The number of primary amides is 1. The molecule has 1 aliphatic carbocycles. The van der Waals surface area contributed by atoms with Gasteiger partial charge in [0, 0.05) is 12.0 Å². The molecule has 1 saturated heterocycles. The van der Waals surface area contributed by atoms with E-state index in [0.717, 1.165) is 51.5 Å². The molecule has 2 fully saturated rings. The minimum absolute atomic E-state index is 0.00552. The van der Waals surface area contributed by atoms with Crippen LogP contribution in [0.1, 0.15) is 44.9 Å². The predicted octanol–water partition coefficient (Wildman–Crippen LogP) is 0.289. The van der Waals surface area contributed by atoms with Crippen molar-refractivity contribution in [2.75, 3.05) is 6.54 Å². The van der Waals surface area contributed by atoms with Gasteiger partial charge in [0.15, 0.2) is 0 Å². The summed E-state index contributed by atoms with van der Waals surface area (Å²) >= 11 is 0. The Morgan fingerprint density at radius 2 is 1.78 bits per heavy atom. The third kappa shape index (κ3) is 3.45. The Morgan fingerprint density at radius 1 is 1.06 bits per heavy atom. The SMILES string of the molecule is NC(=O)C1CCC(NC(=O)[C@@H]2CCCCN2)CC1. The fourth-order valence-corrected chi connectivity index (χ4v) is 2.90. The van der Waals surface area contributed by atoms with Crippen LogP contribution in [-0.4, -0.2) is 30.4 Å². The highest BCUT2D eigenvalue weighted by Gasteiger charge is 2.28. The van der Waals surface area contributed by atoms with E-state index in [2.05, 4.69) is 10.6 Å². The van der Waals surface area contributed by atoms with Crippen LogP contribution in [0.5, 0.6) is 0 Å². The molecule has 0 spiro atoms. The molecule has 5 nitrogen and oxygen atoms in total. The van der Waals surface area contributed by atoms with Crippen molar-refractivity contribution < 1.29 is 9.59 Å². The topological polar surface area (TPSA) is 84.2 Å². The molecule has 1 aliphatic heterocycles. The molecule has 0 aromatic heterocycles. The van der Waals surface area contributed by atoms with Gasteiger partial charge < -0.3 is 16.4 Å². The molecule has 2 amide bonds. The quantitative estimate of drug-likeness (QED) is 0.676. The van der Waals surface area contributed by atoms with Gasteiger partial charge in [-0.3, -0.25) is 9.59 Å². The first-order valence-corrected chi connectivity index (χ1v) is 7.00. The Hall–Kier alpha value is -1.10. The molecule has 0 aromatic rings. The van der Waals surface area contributed by atoms with Gasteiger partial charge in [-0.25, -0.2) is 0 Å². The summed E-state index contributed by atoms with van der Waals surface area (Å²) in [4.78, 5) is 23.1. The summed E-state index contributed by atoms with van der Waals surface area (Å²) in [5.74, 6) is -0.0723. The third-order valence-corrected chi connectivity index (χ3v) is 4.10. The summed E-state index contributed by atoms with van der Waals surface area (Å²) < 4.78 is 0. The number of hydrogen-bond donors (Lipinski definition) is 3. The maximum atomic E-state index is 12.0. The van der Waals surface area contributed by atoms with Gasteiger partial charge in [-0.05, 0) is 45.1 Å². The van der Waals surface area contributed by atoms with Crippen LogP contribution in [-0.2, 0) is 9.59 Å².